The van der Waals surface area contributed by atoms with Crippen molar-refractivity contribution in [2.24, 2.45) is 0 Å². The van der Waals surface area contributed by atoms with Crippen LogP contribution in [0, 0.1) is 0 Å². The molecule has 0 spiro atoms. The second kappa shape index (κ2) is 19.3. The van der Waals surface area contributed by atoms with Crippen molar-refractivity contribution >= 4 is 23.8 Å². The van der Waals surface area contributed by atoms with Crippen LogP contribution in [0.2, 0.25) is 0 Å². The fourth-order valence-corrected chi connectivity index (χ4v) is 3.27. The van der Waals surface area contributed by atoms with Crippen molar-refractivity contribution in [3.63, 3.8) is 0 Å². The van der Waals surface area contributed by atoms with Crippen LogP contribution in [0.1, 0.15) is 27.2 Å². The Morgan fingerprint density at radius 1 is 0.816 bits per heavy atom. The lowest BCUT2D eigenvalue weighted by atomic mass is 10.2. The van der Waals surface area contributed by atoms with Crippen LogP contribution in [0.4, 0.5) is 4.79 Å². The minimum absolute atomic E-state index is 0.126. The fourth-order valence-electron chi connectivity index (χ4n) is 3.27. The molecular weight excluding hydrogens is 496 g/mol. The third kappa shape index (κ3) is 17.7. The van der Waals surface area contributed by atoms with E-state index in [0.717, 1.165) is 0 Å². The number of nitrogens with zero attached hydrogens (tertiary/aromatic N) is 2. The molecule has 0 bridgehead atoms. The molecule has 1 aliphatic heterocycles. The summed E-state index contributed by atoms with van der Waals surface area (Å²) in [4.78, 5) is 51.5. The van der Waals surface area contributed by atoms with E-state index in [2.05, 4.69) is 27.8 Å². The maximum absolute atomic E-state index is 12.6. The van der Waals surface area contributed by atoms with Crippen molar-refractivity contribution < 1.29 is 33.4 Å². The van der Waals surface area contributed by atoms with Crippen molar-refractivity contribution in [1.29, 1.82) is 0 Å². The van der Waals surface area contributed by atoms with Crippen LogP contribution in [0.3, 0.4) is 0 Å². The van der Waals surface area contributed by atoms with Crippen molar-refractivity contribution in [2.45, 2.75) is 32.8 Å². The summed E-state index contributed by atoms with van der Waals surface area (Å²) >= 11 is 0. The van der Waals surface area contributed by atoms with Gasteiger partial charge < -0.3 is 40.4 Å². The van der Waals surface area contributed by atoms with Gasteiger partial charge in [0.05, 0.1) is 33.0 Å². The van der Waals surface area contributed by atoms with Gasteiger partial charge in [-0.2, -0.15) is 0 Å². The first-order valence-corrected chi connectivity index (χ1v) is 13.1. The Morgan fingerprint density at radius 3 is 2.13 bits per heavy atom. The monoisotopic (exact) mass is 542 g/mol. The van der Waals surface area contributed by atoms with Crippen LogP contribution in [-0.2, 0) is 28.6 Å². The number of amides is 4. The van der Waals surface area contributed by atoms with E-state index in [-0.39, 0.29) is 30.7 Å². The summed E-state index contributed by atoms with van der Waals surface area (Å²) in [5.41, 5.74) is -0.600. The highest BCUT2D eigenvalue weighted by Crippen LogP contribution is 2.10. The first kappa shape index (κ1) is 33.3. The summed E-state index contributed by atoms with van der Waals surface area (Å²) in [5.74, 6) is -0.540. The van der Waals surface area contributed by atoms with Gasteiger partial charge in [-0.15, -0.1) is 0 Å². The number of hydrogen-bond donors (Lipinski definition) is 4. The maximum atomic E-state index is 12.6. The zero-order valence-electron chi connectivity index (χ0n) is 23.1. The van der Waals surface area contributed by atoms with Crippen LogP contribution in [-0.4, -0.2) is 131 Å². The second-order valence-electron chi connectivity index (χ2n) is 9.66. The van der Waals surface area contributed by atoms with Gasteiger partial charge in [0, 0.05) is 65.3 Å². The van der Waals surface area contributed by atoms with Gasteiger partial charge in [-0.25, -0.2) is 4.79 Å². The molecule has 1 saturated heterocycles. The molecule has 13 nitrogen and oxygen atoms in total. The molecule has 0 aromatic rings. The Balaban J connectivity index is 2.33. The number of rotatable bonds is 12. The molecule has 0 aliphatic carbocycles. The SMILES string of the molecule is C=CC(=O)NCCNC(=O)CCNCCNC(=O)CN1CCOCCOCCN(C(=O)OC(C)(C)C)CC1. The molecule has 0 unspecified atom stereocenters. The van der Waals surface area contributed by atoms with E-state index >= 15 is 0 Å². The minimum atomic E-state index is -0.600. The third-order valence-electron chi connectivity index (χ3n) is 5.22. The molecule has 1 fully saturated rings. The Morgan fingerprint density at radius 2 is 1.45 bits per heavy atom. The van der Waals surface area contributed by atoms with Crippen LogP contribution in [0.15, 0.2) is 12.7 Å². The van der Waals surface area contributed by atoms with Gasteiger partial charge in [0.1, 0.15) is 5.60 Å². The predicted molar refractivity (Wildman–Crippen MR) is 143 cm³/mol. The summed E-state index contributed by atoms with van der Waals surface area (Å²) < 4.78 is 16.6. The van der Waals surface area contributed by atoms with Crippen LogP contribution >= 0.6 is 0 Å². The van der Waals surface area contributed by atoms with Crippen molar-refractivity contribution in [3.05, 3.63) is 12.7 Å². The number of nitrogens with one attached hydrogen (secondary N) is 4. The zero-order chi connectivity index (χ0) is 28.2. The highest BCUT2D eigenvalue weighted by molar-refractivity contribution is 5.86. The molecular formula is C25H46N6O7. The normalized spacial score (nSPS) is 15.9. The van der Waals surface area contributed by atoms with E-state index in [1.807, 2.05) is 25.7 Å². The first-order valence-electron chi connectivity index (χ1n) is 13.1. The van der Waals surface area contributed by atoms with Crippen LogP contribution in [0.25, 0.3) is 0 Å². The van der Waals surface area contributed by atoms with E-state index < -0.39 is 11.7 Å². The maximum Gasteiger partial charge on any atom is 0.410 e. The summed E-state index contributed by atoms with van der Waals surface area (Å²) in [5, 5.41) is 11.3. The molecule has 13 heteroatoms. The number of carbonyl (C=O) groups is 4. The molecule has 0 aromatic heterocycles. The molecule has 0 atom stereocenters. The van der Waals surface area contributed by atoms with Gasteiger partial charge >= 0.3 is 6.09 Å². The first-order chi connectivity index (χ1) is 18.1. The summed E-state index contributed by atoms with van der Waals surface area (Å²) in [6.07, 6.45) is 1.06. The molecule has 1 aliphatic rings. The molecule has 0 aromatic carbocycles. The molecule has 0 radical (unpaired) electrons. The molecule has 218 valence electrons. The Kier molecular flexibility index (Phi) is 16.9. The lowest BCUT2D eigenvalue weighted by Crippen LogP contribution is -2.46. The third-order valence-corrected chi connectivity index (χ3v) is 5.22. The number of carbonyl (C=O) groups excluding carboxylic acids is 4. The lowest BCUT2D eigenvalue weighted by Gasteiger charge is -2.30. The molecule has 1 rings (SSSR count). The highest BCUT2D eigenvalue weighted by Gasteiger charge is 2.23. The molecule has 1 heterocycles. The summed E-state index contributed by atoms with van der Waals surface area (Å²) in [7, 11) is 0. The predicted octanol–water partition coefficient (Wildman–Crippen LogP) is -0.913. The zero-order valence-corrected chi connectivity index (χ0v) is 23.1. The average Bonchev–Trinajstić information content (AvgIpc) is 2.84. The van der Waals surface area contributed by atoms with Crippen molar-refractivity contribution in [1.82, 2.24) is 31.1 Å². The largest absolute Gasteiger partial charge is 0.444 e. The van der Waals surface area contributed by atoms with Crippen LogP contribution in [0.5, 0.6) is 0 Å². The Hall–Kier alpha value is -2.74. The Bertz CT molecular complexity index is 744. The average molecular weight is 543 g/mol. The molecule has 38 heavy (non-hydrogen) atoms. The van der Waals surface area contributed by atoms with Gasteiger partial charge in [-0.1, -0.05) is 6.58 Å². The molecule has 0 saturated carbocycles. The van der Waals surface area contributed by atoms with E-state index in [9.17, 15) is 19.2 Å². The van der Waals surface area contributed by atoms with Gasteiger partial charge in [-0.3, -0.25) is 19.3 Å². The van der Waals surface area contributed by atoms with Crippen molar-refractivity contribution in [2.75, 3.05) is 91.9 Å². The highest BCUT2D eigenvalue weighted by atomic mass is 16.6. The van der Waals surface area contributed by atoms with Gasteiger partial charge in [0.15, 0.2) is 0 Å². The standard InChI is InChI=1S/C25H46N6O7/c1-5-21(32)27-10-11-28-22(33)6-7-26-8-9-29-23(34)20-30-12-13-31(24(35)38-25(2,3)4)15-17-37-19-18-36-16-14-30/h5,26H,1,6-20H2,2-4H3,(H,27,32)(H,28,33)(H,29,34). The number of hydrogen-bond acceptors (Lipinski definition) is 9. The van der Waals surface area contributed by atoms with Gasteiger partial charge in [-0.05, 0) is 26.8 Å². The summed E-state index contributed by atoms with van der Waals surface area (Å²) in [6.45, 7) is 14.6. The number of ether oxygens (including phenoxy) is 3. The van der Waals surface area contributed by atoms with E-state index in [4.69, 9.17) is 14.2 Å². The van der Waals surface area contributed by atoms with Gasteiger partial charge in [0.2, 0.25) is 17.7 Å². The van der Waals surface area contributed by atoms with E-state index in [1.165, 1.54) is 6.08 Å². The molecule has 4 N–H and O–H groups in total. The Labute approximate surface area is 226 Å². The van der Waals surface area contributed by atoms with E-state index in [1.54, 1.807) is 4.90 Å². The fraction of sp³-hybridized carbons (Fsp3) is 0.760. The quantitative estimate of drug-likeness (QED) is 0.181. The van der Waals surface area contributed by atoms with Gasteiger partial charge in [0.25, 0.3) is 0 Å². The lowest BCUT2D eigenvalue weighted by molar-refractivity contribution is -0.123. The van der Waals surface area contributed by atoms with Crippen LogP contribution < -0.4 is 21.3 Å². The van der Waals surface area contributed by atoms with Crippen molar-refractivity contribution in [3.8, 4) is 0 Å². The smallest absolute Gasteiger partial charge is 0.410 e. The topological polar surface area (TPSA) is 151 Å². The molecule has 4 amide bonds. The second-order valence-corrected chi connectivity index (χ2v) is 9.66. The minimum Gasteiger partial charge on any atom is -0.444 e. The summed E-state index contributed by atoms with van der Waals surface area (Å²) in [6, 6.07) is 0. The van der Waals surface area contributed by atoms with E-state index in [0.29, 0.717) is 85.3 Å².